The second-order valence-corrected chi connectivity index (χ2v) is 9.12. The van der Waals surface area contributed by atoms with E-state index in [0.717, 1.165) is 16.8 Å². The van der Waals surface area contributed by atoms with E-state index < -0.39 is 10.0 Å². The van der Waals surface area contributed by atoms with Crippen LogP contribution in [-0.4, -0.2) is 42.9 Å². The summed E-state index contributed by atoms with van der Waals surface area (Å²) in [6.07, 6.45) is 5.25. The molecule has 4 rings (SSSR count). The first-order chi connectivity index (χ1) is 16.8. The second kappa shape index (κ2) is 10.1. The lowest BCUT2D eigenvalue weighted by Crippen LogP contribution is -2.27. The molecule has 0 atom stereocenters. The number of carbonyl (C=O) groups excluding carboxylic acids is 1. The van der Waals surface area contributed by atoms with Crippen molar-refractivity contribution < 1.29 is 17.9 Å². The Labute approximate surface area is 202 Å². The van der Waals surface area contributed by atoms with E-state index in [1.54, 1.807) is 30.5 Å². The number of nitrogens with one attached hydrogen (secondary N) is 3. The number of imidazole rings is 1. The fourth-order valence-electron chi connectivity index (χ4n) is 3.21. The molecule has 0 saturated heterocycles. The molecule has 0 unspecified atom stereocenters. The zero-order valence-electron chi connectivity index (χ0n) is 18.7. The Morgan fingerprint density at radius 1 is 1.14 bits per heavy atom. The van der Waals surface area contributed by atoms with Gasteiger partial charge in [0.05, 0.1) is 42.4 Å². The number of ether oxygens (including phenoxy) is 1. The van der Waals surface area contributed by atoms with E-state index in [4.69, 9.17) is 10.5 Å². The first kappa shape index (κ1) is 23.6. The molecular formula is C24H22N6O4S. The molecule has 0 bridgehead atoms. The summed E-state index contributed by atoms with van der Waals surface area (Å²) < 4.78 is 32.7. The number of aromatic nitrogens is 3. The van der Waals surface area contributed by atoms with Gasteiger partial charge in [0.25, 0.3) is 10.0 Å². The number of sulfonamides is 1. The number of nitrogens with two attached hydrogens (primary N) is 1. The topological polar surface area (TPSA) is 152 Å². The standard InChI is InChI=1S/C24H22N6O4S/c1-34-23-18(11-12-21(29-23)30-35(32,33)19-5-3-2-4-6-19)13-22(31)26-14-16-7-9-17(10-8-16)20-15-27-24(25)28-20/h2-7,9,11-12,15H,13-14H2,1H3,(H,26,31)(H,29,30)(H3,25,27,28). The van der Waals surface area contributed by atoms with E-state index >= 15 is 0 Å². The molecule has 2 heterocycles. The smallest absolute Gasteiger partial charge is 0.263 e. The van der Waals surface area contributed by atoms with Gasteiger partial charge in [-0.05, 0) is 36.4 Å². The van der Waals surface area contributed by atoms with Crippen LogP contribution in [0.15, 0.2) is 82.7 Å². The number of anilines is 2. The number of hydrogen-bond acceptors (Lipinski definition) is 7. The van der Waals surface area contributed by atoms with Gasteiger partial charge in [-0.1, -0.05) is 29.7 Å². The number of rotatable bonds is 9. The fourth-order valence-corrected chi connectivity index (χ4v) is 4.23. The minimum atomic E-state index is -3.80. The van der Waals surface area contributed by atoms with E-state index in [1.165, 1.54) is 25.3 Å². The van der Waals surface area contributed by atoms with E-state index in [9.17, 15) is 13.2 Å². The number of hydrogen-bond donors (Lipinski definition) is 4. The number of amides is 1. The van der Waals surface area contributed by atoms with E-state index in [0.29, 0.717) is 11.5 Å². The predicted octanol–water partition coefficient (Wildman–Crippen LogP) is 2.19. The van der Waals surface area contributed by atoms with Crippen LogP contribution in [0.4, 0.5) is 11.8 Å². The molecule has 0 saturated carbocycles. The number of nitrogen functional groups attached to an aromatic ring is 1. The van der Waals surface area contributed by atoms with Crippen molar-refractivity contribution in [3.63, 3.8) is 0 Å². The van der Waals surface area contributed by atoms with Crippen LogP contribution >= 0.6 is 0 Å². The summed E-state index contributed by atoms with van der Waals surface area (Å²) in [5.41, 5.74) is 14.3. The highest BCUT2D eigenvalue weighted by Crippen LogP contribution is 2.22. The van der Waals surface area contributed by atoms with Crippen LogP contribution in [0.3, 0.4) is 0 Å². The van der Waals surface area contributed by atoms with Crippen molar-refractivity contribution in [2.24, 2.45) is 0 Å². The monoisotopic (exact) mass is 490 g/mol. The summed E-state index contributed by atoms with van der Waals surface area (Å²) in [6, 6.07) is 11.0. The fraction of sp³-hybridized carbons (Fsp3) is 0.125. The van der Waals surface area contributed by atoms with Crippen molar-refractivity contribution in [1.82, 2.24) is 20.3 Å². The molecule has 0 radical (unpaired) electrons. The van der Waals surface area contributed by atoms with Gasteiger partial charge in [-0.2, -0.15) is 4.98 Å². The molecule has 5 N–H and O–H groups in total. The summed E-state index contributed by atoms with van der Waals surface area (Å²) in [5.74, 6) is 0.286. The summed E-state index contributed by atoms with van der Waals surface area (Å²) in [5, 5.41) is 2.81. The lowest BCUT2D eigenvalue weighted by atomic mass is 10.1. The highest BCUT2D eigenvalue weighted by molar-refractivity contribution is 7.92. The highest BCUT2D eigenvalue weighted by Gasteiger charge is 2.17. The average Bonchev–Trinajstić information content (AvgIpc) is 3.30. The van der Waals surface area contributed by atoms with Gasteiger partial charge in [0.1, 0.15) is 5.82 Å². The molecule has 2 aromatic heterocycles. The third-order valence-corrected chi connectivity index (χ3v) is 6.32. The molecule has 3 aromatic rings. The summed E-state index contributed by atoms with van der Waals surface area (Å²) in [7, 11) is -2.40. The maximum atomic E-state index is 12.5. The molecule has 11 heteroatoms. The third kappa shape index (κ3) is 5.87. The van der Waals surface area contributed by atoms with Crippen molar-refractivity contribution in [2.45, 2.75) is 11.3 Å². The number of carbonyl (C=O) groups is 1. The molecular weight excluding hydrogens is 468 g/mol. The van der Waals surface area contributed by atoms with E-state index in [1.807, 2.05) is 12.2 Å². The van der Waals surface area contributed by atoms with Gasteiger partial charge in [0.15, 0.2) is 5.95 Å². The van der Waals surface area contributed by atoms with Crippen LogP contribution in [-0.2, 0) is 21.2 Å². The molecule has 1 aromatic carbocycles. The lowest BCUT2D eigenvalue weighted by Gasteiger charge is -2.12. The van der Waals surface area contributed by atoms with Crippen LogP contribution in [0, 0.1) is 0 Å². The quantitative estimate of drug-likeness (QED) is 0.336. The van der Waals surface area contributed by atoms with Gasteiger partial charge in [-0.25, -0.2) is 13.4 Å². The van der Waals surface area contributed by atoms with Crippen LogP contribution in [0.25, 0.3) is 5.57 Å². The van der Waals surface area contributed by atoms with Gasteiger partial charge < -0.3 is 20.8 Å². The molecule has 0 fully saturated rings. The normalized spacial score (nSPS) is 12.6. The van der Waals surface area contributed by atoms with E-state index in [2.05, 4.69) is 36.5 Å². The van der Waals surface area contributed by atoms with Crippen molar-refractivity contribution in [2.75, 3.05) is 24.1 Å². The number of pyridine rings is 1. The Kier molecular flexibility index (Phi) is 6.84. The number of nitrogens with zero attached hydrogens (tertiary/aromatic N) is 2. The average molecular weight is 491 g/mol. The molecule has 10 nitrogen and oxygen atoms in total. The van der Waals surface area contributed by atoms with Gasteiger partial charge in [-0.3, -0.25) is 9.52 Å². The predicted molar refractivity (Wildman–Crippen MR) is 131 cm³/mol. The number of aromatic amines is 1. The summed E-state index contributed by atoms with van der Waals surface area (Å²) in [4.78, 5) is 23.7. The highest BCUT2D eigenvalue weighted by atomic mass is 32.2. The van der Waals surface area contributed by atoms with Crippen LogP contribution < -0.4 is 20.5 Å². The Hall–Kier alpha value is -4.56. The van der Waals surface area contributed by atoms with Gasteiger partial charge in [-0.15, -0.1) is 0 Å². The van der Waals surface area contributed by atoms with Crippen LogP contribution in [0.2, 0.25) is 0 Å². The largest absolute Gasteiger partial charge is 0.481 e. The molecule has 1 amide bonds. The first-order valence-electron chi connectivity index (χ1n) is 10.5. The van der Waals surface area contributed by atoms with E-state index in [-0.39, 0.29) is 35.5 Å². The zero-order chi connectivity index (χ0) is 24.8. The Morgan fingerprint density at radius 2 is 1.94 bits per heavy atom. The maximum Gasteiger partial charge on any atom is 0.263 e. The molecule has 35 heavy (non-hydrogen) atoms. The zero-order valence-corrected chi connectivity index (χ0v) is 19.5. The Morgan fingerprint density at radius 3 is 2.60 bits per heavy atom. The molecule has 1 aliphatic carbocycles. The molecule has 0 spiro atoms. The van der Waals surface area contributed by atoms with Crippen LogP contribution in [0.1, 0.15) is 11.3 Å². The van der Waals surface area contributed by atoms with Crippen LogP contribution in [0.5, 0.6) is 5.88 Å². The van der Waals surface area contributed by atoms with Crippen molar-refractivity contribution in [3.8, 4) is 5.88 Å². The summed E-state index contributed by atoms with van der Waals surface area (Å²) >= 11 is 0. The van der Waals surface area contributed by atoms with Crippen molar-refractivity contribution in [1.29, 1.82) is 0 Å². The molecule has 178 valence electrons. The lowest BCUT2D eigenvalue weighted by molar-refractivity contribution is -0.120. The van der Waals surface area contributed by atoms with Crippen molar-refractivity contribution >= 4 is 33.3 Å². The Balaban J connectivity index is 1.39. The SMILES string of the molecule is COc1nc(NS(=O)(=O)c2ccccc2)ccc1CC(=O)NCC1=C=C=C(c2cnc(N)[nH]2)C=C1. The first-order valence-corrected chi connectivity index (χ1v) is 11.9. The summed E-state index contributed by atoms with van der Waals surface area (Å²) in [6.45, 7) is 0.255. The number of allylic oxidation sites excluding steroid dienone is 2. The molecule has 1 aliphatic rings. The third-order valence-electron chi connectivity index (χ3n) is 4.95. The van der Waals surface area contributed by atoms with Gasteiger partial charge >= 0.3 is 0 Å². The van der Waals surface area contributed by atoms with Gasteiger partial charge in [0, 0.05) is 11.1 Å². The number of methoxy groups -OCH3 is 1. The number of benzene rings is 1. The minimum absolute atomic E-state index is 0.00287. The van der Waals surface area contributed by atoms with Gasteiger partial charge in [0.2, 0.25) is 11.8 Å². The molecule has 0 aliphatic heterocycles. The second-order valence-electron chi connectivity index (χ2n) is 7.44. The number of H-pyrrole nitrogens is 1. The van der Waals surface area contributed by atoms with Crippen molar-refractivity contribution in [3.05, 3.63) is 89.1 Å². The minimum Gasteiger partial charge on any atom is -0.481 e. The Bertz CT molecular complexity index is 1500. The maximum absolute atomic E-state index is 12.5.